The van der Waals surface area contributed by atoms with Crippen LogP contribution in [0.3, 0.4) is 0 Å². The van der Waals surface area contributed by atoms with Gasteiger partial charge in [-0.05, 0) is 31.2 Å². The number of carbonyl (C=O) groups is 1. The molecule has 3 rings (SSSR count). The van der Waals surface area contributed by atoms with E-state index in [9.17, 15) is 4.79 Å². The zero-order chi connectivity index (χ0) is 19.2. The van der Waals surface area contributed by atoms with E-state index in [4.69, 9.17) is 13.9 Å². The summed E-state index contributed by atoms with van der Waals surface area (Å²) in [6.45, 7) is 2.18. The fourth-order valence-corrected chi connectivity index (χ4v) is 2.45. The first-order chi connectivity index (χ1) is 13.1. The average Bonchev–Trinajstić information content (AvgIpc) is 3.20. The first kappa shape index (κ1) is 18.2. The lowest BCUT2D eigenvalue weighted by Gasteiger charge is -2.12. The number of anilines is 2. The lowest BCUT2D eigenvalue weighted by molar-refractivity contribution is 0.102. The number of hydrogen-bond donors (Lipinski definition) is 2. The monoisotopic (exact) mass is 368 g/mol. The van der Waals surface area contributed by atoms with E-state index >= 15 is 0 Å². The van der Waals surface area contributed by atoms with Crippen LogP contribution < -0.4 is 20.1 Å². The Hall–Kier alpha value is -3.55. The highest BCUT2D eigenvalue weighted by atomic mass is 16.5. The van der Waals surface area contributed by atoms with Crippen molar-refractivity contribution in [2.45, 2.75) is 13.5 Å². The summed E-state index contributed by atoms with van der Waals surface area (Å²) in [4.78, 5) is 21.1. The molecule has 0 spiro atoms. The summed E-state index contributed by atoms with van der Waals surface area (Å²) in [5.74, 6) is 2.53. The minimum atomic E-state index is -0.370. The molecule has 2 N–H and O–H groups in total. The molecule has 0 atom stereocenters. The van der Waals surface area contributed by atoms with Gasteiger partial charge in [0.2, 0.25) is 0 Å². The van der Waals surface area contributed by atoms with Crippen LogP contribution in [0, 0.1) is 6.92 Å². The molecule has 140 valence electrons. The molecule has 0 radical (unpaired) electrons. The van der Waals surface area contributed by atoms with Gasteiger partial charge >= 0.3 is 0 Å². The van der Waals surface area contributed by atoms with Gasteiger partial charge in [0.25, 0.3) is 5.91 Å². The summed E-state index contributed by atoms with van der Waals surface area (Å²) in [7, 11) is 3.09. The molecule has 0 aliphatic rings. The molecule has 0 bridgehead atoms. The van der Waals surface area contributed by atoms with E-state index in [0.717, 1.165) is 5.76 Å². The Balaban J connectivity index is 1.76. The van der Waals surface area contributed by atoms with Gasteiger partial charge in [0, 0.05) is 12.1 Å². The molecule has 8 heteroatoms. The highest BCUT2D eigenvalue weighted by Crippen LogP contribution is 2.29. The molecule has 0 aliphatic heterocycles. The zero-order valence-electron chi connectivity index (χ0n) is 15.3. The van der Waals surface area contributed by atoms with E-state index in [1.54, 1.807) is 44.6 Å². The Bertz CT molecular complexity index is 925. The number of aromatic nitrogens is 2. The minimum Gasteiger partial charge on any atom is -0.497 e. The van der Waals surface area contributed by atoms with Crippen LogP contribution >= 0.6 is 0 Å². The molecule has 8 nitrogen and oxygen atoms in total. The molecular formula is C19H20N4O4. The van der Waals surface area contributed by atoms with Crippen LogP contribution in [0.4, 0.5) is 11.5 Å². The van der Waals surface area contributed by atoms with Crippen molar-refractivity contribution in [1.82, 2.24) is 9.97 Å². The Morgan fingerprint density at radius 1 is 1.15 bits per heavy atom. The van der Waals surface area contributed by atoms with E-state index in [0.29, 0.717) is 35.4 Å². The molecule has 3 aromatic rings. The summed E-state index contributed by atoms with van der Waals surface area (Å²) < 4.78 is 15.7. The summed E-state index contributed by atoms with van der Waals surface area (Å²) >= 11 is 0. The van der Waals surface area contributed by atoms with Crippen LogP contribution in [0.25, 0.3) is 0 Å². The number of carbonyl (C=O) groups excluding carboxylic acids is 1. The van der Waals surface area contributed by atoms with E-state index in [1.807, 2.05) is 12.1 Å². The number of methoxy groups -OCH3 is 2. The van der Waals surface area contributed by atoms with Crippen molar-refractivity contribution in [2.24, 2.45) is 0 Å². The van der Waals surface area contributed by atoms with Gasteiger partial charge in [-0.3, -0.25) is 4.79 Å². The minimum absolute atomic E-state index is 0.238. The van der Waals surface area contributed by atoms with Crippen molar-refractivity contribution in [3.05, 3.63) is 59.9 Å². The van der Waals surface area contributed by atoms with E-state index < -0.39 is 0 Å². The number of furan rings is 1. The van der Waals surface area contributed by atoms with Gasteiger partial charge in [0.05, 0.1) is 32.7 Å². The maximum atomic E-state index is 12.6. The molecule has 0 saturated heterocycles. The third kappa shape index (κ3) is 4.55. The van der Waals surface area contributed by atoms with Crippen molar-refractivity contribution in [3.8, 4) is 11.5 Å². The van der Waals surface area contributed by atoms with Gasteiger partial charge in [-0.25, -0.2) is 9.97 Å². The van der Waals surface area contributed by atoms with Gasteiger partial charge in [-0.1, -0.05) is 0 Å². The second-order valence-corrected chi connectivity index (χ2v) is 5.64. The SMILES string of the molecule is COc1ccc(NC(=O)c2cc(NCc3ccco3)nc(C)n2)c(OC)c1. The van der Waals surface area contributed by atoms with Gasteiger partial charge in [0.1, 0.15) is 34.6 Å². The predicted octanol–water partition coefficient (Wildman–Crippen LogP) is 3.26. The van der Waals surface area contributed by atoms with Crippen LogP contribution in [-0.4, -0.2) is 30.1 Å². The third-order valence-corrected chi connectivity index (χ3v) is 3.75. The van der Waals surface area contributed by atoms with Gasteiger partial charge < -0.3 is 24.5 Å². The number of aryl methyl sites for hydroxylation is 1. The average molecular weight is 368 g/mol. The molecule has 0 saturated carbocycles. The largest absolute Gasteiger partial charge is 0.497 e. The molecule has 1 amide bonds. The standard InChI is InChI=1S/C19H20N4O4/c1-12-21-16(10-18(22-12)20-11-14-5-4-8-27-14)19(24)23-15-7-6-13(25-2)9-17(15)26-3/h4-10H,11H2,1-3H3,(H,23,24)(H,20,21,22). The zero-order valence-corrected chi connectivity index (χ0v) is 15.3. The third-order valence-electron chi connectivity index (χ3n) is 3.75. The summed E-state index contributed by atoms with van der Waals surface area (Å²) in [6.07, 6.45) is 1.60. The van der Waals surface area contributed by atoms with Crippen molar-refractivity contribution in [3.63, 3.8) is 0 Å². The van der Waals surface area contributed by atoms with Gasteiger partial charge in [-0.2, -0.15) is 0 Å². The Kier molecular flexibility index (Phi) is 5.55. The number of ether oxygens (including phenoxy) is 2. The summed E-state index contributed by atoms with van der Waals surface area (Å²) in [5.41, 5.74) is 0.756. The number of hydrogen-bond acceptors (Lipinski definition) is 7. The van der Waals surface area contributed by atoms with E-state index in [1.165, 1.54) is 7.11 Å². The molecule has 2 aromatic heterocycles. The first-order valence-corrected chi connectivity index (χ1v) is 8.24. The first-order valence-electron chi connectivity index (χ1n) is 8.24. The molecule has 1 aromatic carbocycles. The predicted molar refractivity (Wildman–Crippen MR) is 100 cm³/mol. The topological polar surface area (TPSA) is 98.5 Å². The van der Waals surface area contributed by atoms with E-state index in [-0.39, 0.29) is 11.6 Å². The number of benzene rings is 1. The van der Waals surface area contributed by atoms with Gasteiger partial charge in [0.15, 0.2) is 0 Å². The van der Waals surface area contributed by atoms with E-state index in [2.05, 4.69) is 20.6 Å². The molecular weight excluding hydrogens is 348 g/mol. The normalized spacial score (nSPS) is 10.3. The van der Waals surface area contributed by atoms with Crippen LogP contribution in [-0.2, 0) is 6.54 Å². The Morgan fingerprint density at radius 2 is 2.00 bits per heavy atom. The maximum Gasteiger partial charge on any atom is 0.274 e. The van der Waals surface area contributed by atoms with Crippen molar-refractivity contribution in [2.75, 3.05) is 24.9 Å². The van der Waals surface area contributed by atoms with Crippen molar-refractivity contribution >= 4 is 17.4 Å². The quantitative estimate of drug-likeness (QED) is 0.660. The maximum absolute atomic E-state index is 12.6. The smallest absolute Gasteiger partial charge is 0.274 e. The van der Waals surface area contributed by atoms with Crippen molar-refractivity contribution in [1.29, 1.82) is 0 Å². The van der Waals surface area contributed by atoms with Gasteiger partial charge in [-0.15, -0.1) is 0 Å². The Labute approximate surface area is 156 Å². The fourth-order valence-electron chi connectivity index (χ4n) is 2.45. The summed E-state index contributed by atoms with van der Waals surface area (Å²) in [6, 6.07) is 10.4. The molecule has 0 aliphatic carbocycles. The van der Waals surface area contributed by atoms with Crippen LogP contribution in [0.5, 0.6) is 11.5 Å². The highest BCUT2D eigenvalue weighted by Gasteiger charge is 2.14. The molecule has 27 heavy (non-hydrogen) atoms. The van der Waals surface area contributed by atoms with Crippen LogP contribution in [0.2, 0.25) is 0 Å². The lowest BCUT2D eigenvalue weighted by atomic mass is 10.2. The lowest BCUT2D eigenvalue weighted by Crippen LogP contribution is -2.16. The van der Waals surface area contributed by atoms with Crippen molar-refractivity contribution < 1.29 is 18.7 Å². The molecule has 0 unspecified atom stereocenters. The highest BCUT2D eigenvalue weighted by molar-refractivity contribution is 6.04. The number of rotatable bonds is 7. The Morgan fingerprint density at radius 3 is 2.70 bits per heavy atom. The fraction of sp³-hybridized carbons (Fsp3) is 0.211. The molecule has 2 heterocycles. The summed E-state index contributed by atoms with van der Waals surface area (Å²) in [5, 5.41) is 5.92. The second kappa shape index (κ2) is 8.22. The van der Waals surface area contributed by atoms with Crippen LogP contribution in [0.15, 0.2) is 47.1 Å². The number of nitrogens with zero attached hydrogens (tertiary/aromatic N) is 2. The molecule has 0 fully saturated rings. The number of nitrogens with one attached hydrogen (secondary N) is 2. The number of amides is 1. The second-order valence-electron chi connectivity index (χ2n) is 5.64. The van der Waals surface area contributed by atoms with Crippen LogP contribution in [0.1, 0.15) is 22.1 Å².